The van der Waals surface area contributed by atoms with Crippen LogP contribution in [0.25, 0.3) is 0 Å². The van der Waals surface area contributed by atoms with Gasteiger partial charge in [-0.3, -0.25) is 5.41 Å². The molecule has 0 heterocycles. The molecule has 2 aromatic rings. The Hall–Kier alpha value is -1.55. The highest BCUT2D eigenvalue weighted by Crippen LogP contribution is 2.13. The van der Waals surface area contributed by atoms with Crippen molar-refractivity contribution < 1.29 is 4.74 Å². The summed E-state index contributed by atoms with van der Waals surface area (Å²) in [6.45, 7) is 0.985. The van der Waals surface area contributed by atoms with Gasteiger partial charge in [-0.25, -0.2) is 0 Å². The van der Waals surface area contributed by atoms with Crippen molar-refractivity contribution in [3.8, 4) is 0 Å². The lowest BCUT2D eigenvalue weighted by Gasteiger charge is -2.06. The van der Waals surface area contributed by atoms with Gasteiger partial charge in [-0.2, -0.15) is 0 Å². The lowest BCUT2D eigenvalue weighted by molar-refractivity contribution is 0.107. The minimum Gasteiger partial charge on any atom is -0.384 e. The van der Waals surface area contributed by atoms with Crippen LogP contribution in [0, 0.1) is 5.41 Å². The molecule has 0 saturated heterocycles. The minimum atomic E-state index is 0. The summed E-state index contributed by atoms with van der Waals surface area (Å²) in [4.78, 5) is 0. The van der Waals surface area contributed by atoms with Gasteiger partial charge in [-0.05, 0) is 29.3 Å². The highest BCUT2D eigenvalue weighted by molar-refractivity contribution is 6.30. The SMILES string of the molecule is Cl.N=C(N)c1cccc(COCc2cccc(Cl)c2)c1. The predicted molar refractivity (Wildman–Crippen MR) is 84.7 cm³/mol. The molecule has 0 unspecified atom stereocenters. The third kappa shape index (κ3) is 4.85. The maximum atomic E-state index is 7.39. The third-order valence-corrected chi connectivity index (χ3v) is 2.90. The Labute approximate surface area is 129 Å². The molecule has 106 valence electrons. The summed E-state index contributed by atoms with van der Waals surface area (Å²) in [6, 6.07) is 15.1. The topological polar surface area (TPSA) is 59.1 Å². The van der Waals surface area contributed by atoms with Gasteiger partial charge in [0.1, 0.15) is 5.84 Å². The quantitative estimate of drug-likeness (QED) is 0.652. The number of hydrogen-bond donors (Lipinski definition) is 2. The molecule has 0 aliphatic heterocycles. The summed E-state index contributed by atoms with van der Waals surface area (Å²) in [5.74, 6) is 0.0664. The first-order valence-corrected chi connectivity index (χ1v) is 6.28. The van der Waals surface area contributed by atoms with E-state index in [2.05, 4.69) is 0 Å². The Morgan fingerprint density at radius 3 is 2.25 bits per heavy atom. The molecule has 2 aromatic carbocycles. The Kier molecular flexibility index (Phi) is 6.52. The van der Waals surface area contributed by atoms with E-state index < -0.39 is 0 Å². The fourth-order valence-corrected chi connectivity index (χ4v) is 1.96. The summed E-state index contributed by atoms with van der Waals surface area (Å²) in [5.41, 5.74) is 8.19. The number of hydrogen-bond acceptors (Lipinski definition) is 2. The zero-order valence-corrected chi connectivity index (χ0v) is 12.4. The molecule has 0 saturated carbocycles. The number of nitrogens with one attached hydrogen (secondary N) is 1. The zero-order chi connectivity index (χ0) is 13.7. The Bertz CT molecular complexity index is 588. The van der Waals surface area contributed by atoms with Gasteiger partial charge < -0.3 is 10.5 Å². The van der Waals surface area contributed by atoms with E-state index in [-0.39, 0.29) is 18.2 Å². The van der Waals surface area contributed by atoms with Crippen molar-refractivity contribution in [2.24, 2.45) is 5.73 Å². The van der Waals surface area contributed by atoms with Crippen molar-refractivity contribution in [1.82, 2.24) is 0 Å². The molecule has 0 fully saturated rings. The zero-order valence-electron chi connectivity index (χ0n) is 10.8. The number of halogens is 2. The second kappa shape index (κ2) is 7.90. The predicted octanol–water partition coefficient (Wildman–Crippen LogP) is 3.76. The molecule has 5 heteroatoms. The molecular weight excluding hydrogens is 295 g/mol. The van der Waals surface area contributed by atoms with Crippen LogP contribution >= 0.6 is 24.0 Å². The Balaban J connectivity index is 0.00000200. The number of rotatable bonds is 5. The molecular formula is C15H16Cl2N2O. The van der Waals surface area contributed by atoms with Crippen LogP contribution in [0.15, 0.2) is 48.5 Å². The number of amidine groups is 1. The first-order valence-electron chi connectivity index (χ1n) is 5.90. The van der Waals surface area contributed by atoms with Gasteiger partial charge in [-0.15, -0.1) is 12.4 Å². The molecule has 20 heavy (non-hydrogen) atoms. The van der Waals surface area contributed by atoms with E-state index in [0.29, 0.717) is 23.8 Å². The summed E-state index contributed by atoms with van der Waals surface area (Å²) < 4.78 is 5.63. The molecule has 3 nitrogen and oxygen atoms in total. The lowest BCUT2D eigenvalue weighted by Crippen LogP contribution is -2.11. The van der Waals surface area contributed by atoms with Crippen LogP contribution in [0.3, 0.4) is 0 Å². The van der Waals surface area contributed by atoms with Gasteiger partial charge >= 0.3 is 0 Å². The Morgan fingerprint density at radius 1 is 1.05 bits per heavy atom. The fourth-order valence-electron chi connectivity index (χ4n) is 1.74. The smallest absolute Gasteiger partial charge is 0.122 e. The molecule has 0 aromatic heterocycles. The van der Waals surface area contributed by atoms with Crippen molar-refractivity contribution in [3.63, 3.8) is 0 Å². The van der Waals surface area contributed by atoms with Crippen LogP contribution in [0.4, 0.5) is 0 Å². The van der Waals surface area contributed by atoms with E-state index in [1.807, 2.05) is 48.5 Å². The molecule has 3 N–H and O–H groups in total. The van der Waals surface area contributed by atoms with Crippen molar-refractivity contribution in [2.75, 3.05) is 0 Å². The van der Waals surface area contributed by atoms with Crippen LogP contribution < -0.4 is 5.73 Å². The van der Waals surface area contributed by atoms with E-state index in [0.717, 1.165) is 11.1 Å². The normalized spacial score (nSPS) is 9.85. The van der Waals surface area contributed by atoms with E-state index in [4.69, 9.17) is 27.5 Å². The van der Waals surface area contributed by atoms with Gasteiger partial charge in [0.2, 0.25) is 0 Å². The Morgan fingerprint density at radius 2 is 1.65 bits per heavy atom. The second-order valence-electron chi connectivity index (χ2n) is 4.24. The number of ether oxygens (including phenoxy) is 1. The molecule has 0 spiro atoms. The average molecular weight is 311 g/mol. The summed E-state index contributed by atoms with van der Waals surface area (Å²) >= 11 is 5.90. The standard InChI is InChI=1S/C15H15ClN2O.ClH/c16-14-6-2-4-12(8-14)10-19-9-11-3-1-5-13(7-11)15(17)18;/h1-8H,9-10H2,(H3,17,18);1H. The van der Waals surface area contributed by atoms with Crippen LogP contribution in [-0.4, -0.2) is 5.84 Å². The minimum absolute atomic E-state index is 0. The van der Waals surface area contributed by atoms with Gasteiger partial charge in [0.05, 0.1) is 13.2 Å². The summed E-state index contributed by atoms with van der Waals surface area (Å²) in [6.07, 6.45) is 0. The molecule has 2 rings (SSSR count). The highest BCUT2D eigenvalue weighted by Gasteiger charge is 2.00. The average Bonchev–Trinajstić information content (AvgIpc) is 2.39. The van der Waals surface area contributed by atoms with Crippen molar-refractivity contribution in [1.29, 1.82) is 5.41 Å². The van der Waals surface area contributed by atoms with Crippen molar-refractivity contribution in [2.45, 2.75) is 13.2 Å². The van der Waals surface area contributed by atoms with E-state index >= 15 is 0 Å². The molecule has 0 aliphatic carbocycles. The largest absolute Gasteiger partial charge is 0.384 e. The van der Waals surface area contributed by atoms with E-state index in [1.165, 1.54) is 0 Å². The van der Waals surface area contributed by atoms with Gasteiger partial charge in [0.15, 0.2) is 0 Å². The van der Waals surface area contributed by atoms with Crippen LogP contribution in [0.1, 0.15) is 16.7 Å². The van der Waals surface area contributed by atoms with Crippen molar-refractivity contribution >= 4 is 29.8 Å². The van der Waals surface area contributed by atoms with Gasteiger partial charge in [0.25, 0.3) is 0 Å². The monoisotopic (exact) mass is 310 g/mol. The first-order chi connectivity index (χ1) is 9.15. The number of nitrogens with two attached hydrogens (primary N) is 1. The molecule has 0 atom stereocenters. The summed E-state index contributed by atoms with van der Waals surface area (Å²) in [5, 5.41) is 8.10. The van der Waals surface area contributed by atoms with Gasteiger partial charge in [-0.1, -0.05) is 41.9 Å². The molecule has 0 amide bonds. The van der Waals surface area contributed by atoms with Crippen LogP contribution in [0.2, 0.25) is 5.02 Å². The third-order valence-electron chi connectivity index (χ3n) is 2.66. The lowest BCUT2D eigenvalue weighted by atomic mass is 10.1. The fraction of sp³-hybridized carbons (Fsp3) is 0.133. The van der Waals surface area contributed by atoms with E-state index in [1.54, 1.807) is 0 Å². The maximum absolute atomic E-state index is 7.39. The molecule has 0 aliphatic rings. The maximum Gasteiger partial charge on any atom is 0.122 e. The van der Waals surface area contributed by atoms with Crippen LogP contribution in [-0.2, 0) is 18.0 Å². The van der Waals surface area contributed by atoms with E-state index in [9.17, 15) is 0 Å². The number of benzene rings is 2. The molecule has 0 bridgehead atoms. The second-order valence-corrected chi connectivity index (χ2v) is 4.67. The van der Waals surface area contributed by atoms with Crippen molar-refractivity contribution in [3.05, 3.63) is 70.2 Å². The van der Waals surface area contributed by atoms with Gasteiger partial charge in [0, 0.05) is 10.6 Å². The van der Waals surface area contributed by atoms with Crippen LogP contribution in [0.5, 0.6) is 0 Å². The highest BCUT2D eigenvalue weighted by atomic mass is 35.5. The first kappa shape index (κ1) is 16.5. The summed E-state index contributed by atoms with van der Waals surface area (Å²) in [7, 11) is 0. The molecule has 0 radical (unpaired) electrons. The number of nitrogen functional groups attached to an aromatic ring is 1.